The molecule has 1 N–H and O–H groups in total. The molecule has 0 bridgehead atoms. The van der Waals surface area contributed by atoms with Crippen molar-refractivity contribution in [2.45, 2.75) is 23.7 Å². The third-order valence-electron chi connectivity index (χ3n) is 5.10. The molecule has 2 heterocycles. The Kier molecular flexibility index (Phi) is 6.44. The van der Waals surface area contributed by atoms with E-state index >= 15 is 0 Å². The number of thioether (sulfide) groups is 1. The normalized spacial score (nSPS) is 17.1. The molecule has 4 rings (SSSR count). The molecule has 6 nitrogen and oxygen atoms in total. The molecule has 0 saturated carbocycles. The average molecular weight is 427 g/mol. The fraction of sp³-hybridized carbons (Fsp3) is 0.318. The number of carbonyl (C=O) groups is 1. The number of halogens is 1. The predicted octanol–water partition coefficient (Wildman–Crippen LogP) is 4.42. The van der Waals surface area contributed by atoms with Crippen LogP contribution in [0, 0.1) is 5.82 Å². The van der Waals surface area contributed by atoms with E-state index in [1.807, 2.05) is 30.5 Å². The lowest BCUT2D eigenvalue weighted by Crippen LogP contribution is -2.39. The first-order valence-electron chi connectivity index (χ1n) is 9.86. The largest absolute Gasteiger partial charge is 0.339 e. The van der Waals surface area contributed by atoms with Gasteiger partial charge in [0.25, 0.3) is 0 Å². The molecule has 30 heavy (non-hydrogen) atoms. The topological polar surface area (TPSA) is 71.3 Å². The zero-order chi connectivity index (χ0) is 20.9. The molecule has 1 unspecified atom stereocenters. The van der Waals surface area contributed by atoms with Gasteiger partial charge in [-0.2, -0.15) is 4.98 Å². The first kappa shape index (κ1) is 20.6. The summed E-state index contributed by atoms with van der Waals surface area (Å²) in [6, 6.07) is 13.9. The fourth-order valence-corrected chi connectivity index (χ4v) is 4.11. The van der Waals surface area contributed by atoms with Crippen LogP contribution in [0.1, 0.15) is 24.7 Å². The number of anilines is 1. The van der Waals surface area contributed by atoms with Crippen LogP contribution in [0.3, 0.4) is 0 Å². The van der Waals surface area contributed by atoms with E-state index in [0.29, 0.717) is 30.4 Å². The van der Waals surface area contributed by atoms with Crippen molar-refractivity contribution in [3.63, 3.8) is 0 Å². The quantitative estimate of drug-likeness (QED) is 0.589. The Bertz CT molecular complexity index is 1030. The Morgan fingerprint density at radius 3 is 3.00 bits per heavy atom. The zero-order valence-corrected chi connectivity index (χ0v) is 17.5. The van der Waals surface area contributed by atoms with Crippen LogP contribution in [0.5, 0.6) is 0 Å². The van der Waals surface area contributed by atoms with Crippen LogP contribution in [0.25, 0.3) is 11.4 Å². The number of amides is 1. The molecule has 1 aromatic heterocycles. The number of carbonyl (C=O) groups excluding carboxylic acids is 1. The summed E-state index contributed by atoms with van der Waals surface area (Å²) in [4.78, 5) is 20.2. The first-order valence-corrected chi connectivity index (χ1v) is 11.1. The molecular weight excluding hydrogens is 403 g/mol. The van der Waals surface area contributed by atoms with E-state index in [2.05, 4.69) is 20.4 Å². The molecule has 1 saturated heterocycles. The van der Waals surface area contributed by atoms with Crippen molar-refractivity contribution in [3.8, 4) is 11.4 Å². The fourth-order valence-electron chi connectivity index (χ4n) is 3.65. The van der Waals surface area contributed by atoms with Gasteiger partial charge in [-0.3, -0.25) is 9.69 Å². The molecule has 156 valence electrons. The summed E-state index contributed by atoms with van der Waals surface area (Å²) in [5.41, 5.74) is 1.39. The summed E-state index contributed by atoms with van der Waals surface area (Å²) in [6.07, 6.45) is 3.86. The summed E-state index contributed by atoms with van der Waals surface area (Å²) in [7, 11) is 0. The molecular formula is C22H23FN4O2S. The number of aromatic nitrogens is 2. The average Bonchev–Trinajstić information content (AvgIpc) is 3.24. The number of hydrogen-bond donors (Lipinski definition) is 1. The van der Waals surface area contributed by atoms with Crippen LogP contribution in [-0.4, -0.2) is 46.8 Å². The van der Waals surface area contributed by atoms with Gasteiger partial charge in [-0.05, 0) is 56.0 Å². The number of rotatable bonds is 6. The van der Waals surface area contributed by atoms with E-state index in [-0.39, 0.29) is 17.6 Å². The molecule has 8 heteroatoms. The van der Waals surface area contributed by atoms with Gasteiger partial charge in [0.2, 0.25) is 17.6 Å². The second kappa shape index (κ2) is 9.40. The van der Waals surface area contributed by atoms with Crippen molar-refractivity contribution >= 4 is 23.4 Å². The number of likely N-dealkylation sites (tertiary alicyclic amines) is 1. The molecule has 1 amide bonds. The minimum absolute atomic E-state index is 0.0418. The van der Waals surface area contributed by atoms with E-state index in [1.54, 1.807) is 23.9 Å². The van der Waals surface area contributed by atoms with Gasteiger partial charge in [0.1, 0.15) is 5.82 Å². The summed E-state index contributed by atoms with van der Waals surface area (Å²) in [5, 5.41) is 6.98. The molecule has 2 aromatic carbocycles. The van der Waals surface area contributed by atoms with Gasteiger partial charge in [0, 0.05) is 22.7 Å². The Balaban J connectivity index is 1.37. The minimum Gasteiger partial charge on any atom is -0.339 e. The van der Waals surface area contributed by atoms with Crippen LogP contribution < -0.4 is 5.32 Å². The van der Waals surface area contributed by atoms with Crippen molar-refractivity contribution in [2.75, 3.05) is 31.2 Å². The monoisotopic (exact) mass is 426 g/mol. The lowest BCUT2D eigenvalue weighted by molar-refractivity contribution is -0.117. The second-order valence-corrected chi connectivity index (χ2v) is 8.20. The lowest BCUT2D eigenvalue weighted by Gasteiger charge is -2.30. The Morgan fingerprint density at radius 2 is 2.17 bits per heavy atom. The van der Waals surface area contributed by atoms with Gasteiger partial charge in [-0.15, -0.1) is 11.8 Å². The van der Waals surface area contributed by atoms with Crippen LogP contribution in [-0.2, 0) is 4.79 Å². The van der Waals surface area contributed by atoms with Crippen LogP contribution in [0.2, 0.25) is 0 Å². The minimum atomic E-state index is -0.336. The molecule has 3 aromatic rings. The van der Waals surface area contributed by atoms with E-state index in [1.165, 1.54) is 12.1 Å². The van der Waals surface area contributed by atoms with Crippen molar-refractivity contribution in [2.24, 2.45) is 0 Å². The molecule has 1 aliphatic heterocycles. The van der Waals surface area contributed by atoms with Crippen LogP contribution in [0.15, 0.2) is 57.9 Å². The highest BCUT2D eigenvalue weighted by Gasteiger charge is 2.27. The van der Waals surface area contributed by atoms with Crippen molar-refractivity contribution in [1.82, 2.24) is 15.0 Å². The predicted molar refractivity (Wildman–Crippen MR) is 115 cm³/mol. The van der Waals surface area contributed by atoms with Crippen LogP contribution >= 0.6 is 11.8 Å². The number of piperidine rings is 1. The lowest BCUT2D eigenvalue weighted by atomic mass is 9.98. The van der Waals surface area contributed by atoms with E-state index in [4.69, 9.17) is 4.52 Å². The Morgan fingerprint density at radius 1 is 1.30 bits per heavy atom. The van der Waals surface area contributed by atoms with Crippen molar-refractivity contribution < 1.29 is 13.7 Å². The van der Waals surface area contributed by atoms with Crippen molar-refractivity contribution in [1.29, 1.82) is 0 Å². The summed E-state index contributed by atoms with van der Waals surface area (Å²) in [6.45, 7) is 1.83. The molecule has 0 aliphatic carbocycles. The third kappa shape index (κ3) is 5.06. The maximum Gasteiger partial charge on any atom is 0.238 e. The highest BCUT2D eigenvalue weighted by atomic mass is 32.2. The van der Waals surface area contributed by atoms with Crippen LogP contribution in [0.4, 0.5) is 10.1 Å². The highest BCUT2D eigenvalue weighted by molar-refractivity contribution is 7.98. The molecule has 0 spiro atoms. The molecule has 1 fully saturated rings. The second-order valence-electron chi connectivity index (χ2n) is 7.32. The number of nitrogens with one attached hydrogen (secondary N) is 1. The summed E-state index contributed by atoms with van der Waals surface area (Å²) in [5.74, 6) is 0.595. The first-order chi connectivity index (χ1) is 14.6. The number of nitrogens with zero attached hydrogens (tertiary/aromatic N) is 3. The number of hydrogen-bond acceptors (Lipinski definition) is 6. The highest BCUT2D eigenvalue weighted by Crippen LogP contribution is 2.28. The van der Waals surface area contributed by atoms with Gasteiger partial charge in [-0.1, -0.05) is 23.4 Å². The van der Waals surface area contributed by atoms with Gasteiger partial charge >= 0.3 is 0 Å². The Hall–Kier alpha value is -2.71. The van der Waals surface area contributed by atoms with Gasteiger partial charge < -0.3 is 9.84 Å². The van der Waals surface area contributed by atoms with Gasteiger partial charge in [0.15, 0.2) is 0 Å². The summed E-state index contributed by atoms with van der Waals surface area (Å²) < 4.78 is 18.9. The number of benzene rings is 2. The van der Waals surface area contributed by atoms with E-state index in [9.17, 15) is 9.18 Å². The van der Waals surface area contributed by atoms with Gasteiger partial charge in [0.05, 0.1) is 12.5 Å². The van der Waals surface area contributed by atoms with E-state index in [0.717, 1.165) is 30.0 Å². The van der Waals surface area contributed by atoms with Gasteiger partial charge in [-0.25, -0.2) is 4.39 Å². The summed E-state index contributed by atoms with van der Waals surface area (Å²) >= 11 is 1.64. The smallest absolute Gasteiger partial charge is 0.238 e. The maximum atomic E-state index is 13.5. The molecule has 0 radical (unpaired) electrons. The molecule has 1 aliphatic rings. The van der Waals surface area contributed by atoms with Crippen molar-refractivity contribution in [3.05, 3.63) is 60.2 Å². The van der Waals surface area contributed by atoms with E-state index < -0.39 is 0 Å². The SMILES string of the molecule is CSc1cccc(NC(=O)CN2CCCC(c3nc(-c4cccc(F)c4)no3)C2)c1. The standard InChI is InChI=1S/C22H23FN4O2S/c1-30-19-9-3-8-18(12-19)24-20(28)14-27-10-4-6-16(13-27)22-25-21(26-29-22)15-5-2-7-17(23)11-15/h2-3,5,7-9,11-12,16H,4,6,10,13-14H2,1H3,(H,24,28). The third-order valence-corrected chi connectivity index (χ3v) is 5.83. The molecule has 1 atom stereocenters. The Labute approximate surface area is 178 Å². The maximum absolute atomic E-state index is 13.5. The zero-order valence-electron chi connectivity index (χ0n) is 16.7.